The molecule has 130 valence electrons. The van der Waals surface area contributed by atoms with Gasteiger partial charge in [0.2, 0.25) is 5.91 Å². The summed E-state index contributed by atoms with van der Waals surface area (Å²) in [5.74, 6) is -0.150. The molecule has 0 bridgehead atoms. The number of aryl methyl sites for hydroxylation is 1. The summed E-state index contributed by atoms with van der Waals surface area (Å²) in [5, 5.41) is 12.8. The summed E-state index contributed by atoms with van der Waals surface area (Å²) >= 11 is 0. The van der Waals surface area contributed by atoms with E-state index in [2.05, 4.69) is 20.9 Å². The van der Waals surface area contributed by atoms with Crippen molar-refractivity contribution in [2.75, 3.05) is 0 Å². The molecule has 0 spiro atoms. The molecule has 0 radical (unpaired) electrons. The Morgan fingerprint density at radius 1 is 1.31 bits per heavy atom. The number of nitrogens with one attached hydrogen (secondary N) is 1. The van der Waals surface area contributed by atoms with Gasteiger partial charge in [0.25, 0.3) is 0 Å². The fourth-order valence-electron chi connectivity index (χ4n) is 2.93. The first-order valence-corrected chi connectivity index (χ1v) is 8.52. The van der Waals surface area contributed by atoms with Gasteiger partial charge in [0.1, 0.15) is 0 Å². The Balaban J connectivity index is 1.75. The van der Waals surface area contributed by atoms with Crippen LogP contribution in [0.5, 0.6) is 0 Å². The van der Waals surface area contributed by atoms with Gasteiger partial charge in [-0.25, -0.2) is 0 Å². The predicted octanol–water partition coefficient (Wildman–Crippen LogP) is 3.84. The van der Waals surface area contributed by atoms with Crippen molar-refractivity contribution in [1.29, 1.82) is 5.26 Å². The van der Waals surface area contributed by atoms with Crippen molar-refractivity contribution >= 4 is 22.9 Å². The zero-order chi connectivity index (χ0) is 18.4. The fraction of sp³-hybridized carbons (Fsp3) is 0.190. The van der Waals surface area contributed by atoms with Crippen LogP contribution in [0.25, 0.3) is 17.0 Å². The lowest BCUT2D eigenvalue weighted by Crippen LogP contribution is -2.24. The zero-order valence-electron chi connectivity index (χ0n) is 14.6. The van der Waals surface area contributed by atoms with Crippen LogP contribution in [0.15, 0.2) is 61.1 Å². The maximum atomic E-state index is 12.3. The monoisotopic (exact) mass is 344 g/mol. The largest absolute Gasteiger partial charge is 0.346 e. The lowest BCUT2D eigenvalue weighted by atomic mass is 10.1. The van der Waals surface area contributed by atoms with E-state index in [1.165, 1.54) is 0 Å². The number of para-hydroxylation sites is 1. The Morgan fingerprint density at radius 3 is 2.85 bits per heavy atom. The number of hydrogen-bond acceptors (Lipinski definition) is 3. The number of carbonyl (C=O) groups is 1. The van der Waals surface area contributed by atoms with Crippen molar-refractivity contribution in [3.8, 4) is 6.07 Å². The van der Waals surface area contributed by atoms with E-state index in [1.807, 2.05) is 55.6 Å². The summed E-state index contributed by atoms with van der Waals surface area (Å²) in [6.07, 6.45) is 9.23. The highest BCUT2D eigenvalue weighted by molar-refractivity contribution is 5.96. The molecule has 3 rings (SSSR count). The average Bonchev–Trinajstić information content (AvgIpc) is 3.03. The van der Waals surface area contributed by atoms with Gasteiger partial charge in [-0.05, 0) is 36.8 Å². The summed E-state index contributed by atoms with van der Waals surface area (Å²) in [4.78, 5) is 16.2. The molecule has 1 atom stereocenters. The Labute approximate surface area is 152 Å². The van der Waals surface area contributed by atoms with E-state index in [0.717, 1.165) is 22.0 Å². The van der Waals surface area contributed by atoms with Gasteiger partial charge in [0.15, 0.2) is 0 Å². The molecule has 1 unspecified atom stereocenters. The summed E-state index contributed by atoms with van der Waals surface area (Å²) < 4.78 is 2.05. The van der Waals surface area contributed by atoms with Crippen LogP contribution in [-0.2, 0) is 11.3 Å². The number of pyridine rings is 1. The second kappa shape index (κ2) is 8.13. The standard InChI is InChI=1S/C21H20N4O/c1-16(17-9-12-23-13-10-17)24-21(26)8-7-18-15-25(14-4-11-22)20-6-3-2-5-19(18)20/h2-3,5-10,12-13,15-16H,4,14H2,1H3,(H,24,26). The second-order valence-electron chi connectivity index (χ2n) is 6.05. The van der Waals surface area contributed by atoms with E-state index >= 15 is 0 Å². The smallest absolute Gasteiger partial charge is 0.244 e. The second-order valence-corrected chi connectivity index (χ2v) is 6.05. The number of amides is 1. The van der Waals surface area contributed by atoms with E-state index in [9.17, 15) is 4.79 Å². The van der Waals surface area contributed by atoms with E-state index in [4.69, 9.17) is 5.26 Å². The maximum Gasteiger partial charge on any atom is 0.244 e. The summed E-state index contributed by atoms with van der Waals surface area (Å²) in [7, 11) is 0. The molecule has 5 heteroatoms. The van der Waals surface area contributed by atoms with Gasteiger partial charge in [-0.3, -0.25) is 9.78 Å². The number of nitriles is 1. The predicted molar refractivity (Wildman–Crippen MR) is 102 cm³/mol. The van der Waals surface area contributed by atoms with E-state index < -0.39 is 0 Å². The molecule has 26 heavy (non-hydrogen) atoms. The number of fused-ring (bicyclic) bond motifs is 1. The van der Waals surface area contributed by atoms with E-state index in [0.29, 0.717) is 13.0 Å². The van der Waals surface area contributed by atoms with Gasteiger partial charge in [-0.2, -0.15) is 5.26 Å². The first kappa shape index (κ1) is 17.4. The number of nitrogens with zero attached hydrogens (tertiary/aromatic N) is 3. The van der Waals surface area contributed by atoms with Crippen LogP contribution in [-0.4, -0.2) is 15.5 Å². The third-order valence-electron chi connectivity index (χ3n) is 4.26. The van der Waals surface area contributed by atoms with Crippen LogP contribution in [0.3, 0.4) is 0 Å². The average molecular weight is 344 g/mol. The van der Waals surface area contributed by atoms with Crippen molar-refractivity contribution < 1.29 is 4.79 Å². The molecule has 2 heterocycles. The summed E-state index contributed by atoms with van der Waals surface area (Å²) in [5.41, 5.74) is 3.04. The van der Waals surface area contributed by atoms with Crippen LogP contribution < -0.4 is 5.32 Å². The lowest BCUT2D eigenvalue weighted by molar-refractivity contribution is -0.117. The summed E-state index contributed by atoms with van der Waals surface area (Å²) in [6.45, 7) is 2.57. The minimum Gasteiger partial charge on any atom is -0.346 e. The normalized spacial score (nSPS) is 12.2. The molecular formula is C21H20N4O. The minimum atomic E-state index is -0.150. The molecule has 0 aliphatic rings. The zero-order valence-corrected chi connectivity index (χ0v) is 14.6. The van der Waals surface area contributed by atoms with Crippen LogP contribution in [0.4, 0.5) is 0 Å². The molecule has 2 aromatic heterocycles. The van der Waals surface area contributed by atoms with Gasteiger partial charge in [0.05, 0.1) is 18.5 Å². The topological polar surface area (TPSA) is 70.7 Å². The van der Waals surface area contributed by atoms with Crippen molar-refractivity contribution in [1.82, 2.24) is 14.9 Å². The Bertz CT molecular complexity index is 967. The fourth-order valence-corrected chi connectivity index (χ4v) is 2.93. The quantitative estimate of drug-likeness (QED) is 0.691. The molecule has 0 saturated heterocycles. The van der Waals surface area contributed by atoms with Crippen molar-refractivity contribution in [2.45, 2.75) is 25.9 Å². The molecule has 0 fully saturated rings. The first-order valence-electron chi connectivity index (χ1n) is 8.52. The lowest BCUT2D eigenvalue weighted by Gasteiger charge is -2.12. The molecule has 1 aromatic carbocycles. The van der Waals surface area contributed by atoms with Gasteiger partial charge in [-0.1, -0.05) is 18.2 Å². The van der Waals surface area contributed by atoms with Crippen LogP contribution in [0.2, 0.25) is 0 Å². The van der Waals surface area contributed by atoms with Crippen molar-refractivity contribution in [2.24, 2.45) is 0 Å². The van der Waals surface area contributed by atoms with Gasteiger partial charge in [-0.15, -0.1) is 0 Å². The Hall–Kier alpha value is -3.39. The van der Waals surface area contributed by atoms with Crippen molar-refractivity contribution in [3.63, 3.8) is 0 Å². The Kier molecular flexibility index (Phi) is 5.45. The number of hydrogen-bond donors (Lipinski definition) is 1. The third-order valence-corrected chi connectivity index (χ3v) is 4.26. The van der Waals surface area contributed by atoms with Crippen LogP contribution in [0.1, 0.15) is 30.5 Å². The van der Waals surface area contributed by atoms with Crippen LogP contribution >= 0.6 is 0 Å². The van der Waals surface area contributed by atoms with Gasteiger partial charge < -0.3 is 9.88 Å². The summed E-state index contributed by atoms with van der Waals surface area (Å²) in [6, 6.07) is 13.8. The third kappa shape index (κ3) is 3.98. The maximum absolute atomic E-state index is 12.3. The van der Waals surface area contributed by atoms with Gasteiger partial charge in [0, 0.05) is 47.7 Å². The molecule has 5 nitrogen and oxygen atoms in total. The molecule has 1 amide bonds. The first-order chi connectivity index (χ1) is 12.7. The number of carbonyl (C=O) groups excluding carboxylic acids is 1. The highest BCUT2D eigenvalue weighted by atomic mass is 16.1. The SMILES string of the molecule is CC(NC(=O)C=Cc1cn(CCC#N)c2ccccc12)c1ccncc1. The number of aromatic nitrogens is 2. The van der Waals surface area contributed by atoms with E-state index in [-0.39, 0.29) is 11.9 Å². The molecule has 0 aliphatic carbocycles. The molecular weight excluding hydrogens is 324 g/mol. The molecule has 1 N–H and O–H groups in total. The highest BCUT2D eigenvalue weighted by Crippen LogP contribution is 2.23. The molecule has 0 saturated carbocycles. The van der Waals surface area contributed by atoms with Crippen molar-refractivity contribution in [3.05, 3.63) is 72.2 Å². The molecule has 0 aliphatic heterocycles. The molecule has 3 aromatic rings. The minimum absolute atomic E-state index is 0.0906. The number of benzene rings is 1. The number of rotatable bonds is 6. The Morgan fingerprint density at radius 2 is 2.08 bits per heavy atom. The van der Waals surface area contributed by atoms with E-state index in [1.54, 1.807) is 18.5 Å². The van der Waals surface area contributed by atoms with Gasteiger partial charge >= 0.3 is 0 Å². The highest BCUT2D eigenvalue weighted by Gasteiger charge is 2.08. The van der Waals surface area contributed by atoms with Crippen LogP contribution in [0, 0.1) is 11.3 Å².